The minimum Gasteiger partial charge on any atom is -0.461 e. The van der Waals surface area contributed by atoms with Crippen LogP contribution in [0.5, 0.6) is 0 Å². The molecule has 0 spiro atoms. The SMILES string of the molecule is C#Cc1ccc2c(c1)C(/C(N)=C/C=C\C=C)=N[C@@H](C)c1c(C(=O)OCC)ncn1-2. The van der Waals surface area contributed by atoms with Crippen LogP contribution in [-0.4, -0.2) is 27.8 Å². The Morgan fingerprint density at radius 2 is 2.24 bits per heavy atom. The average molecular weight is 386 g/mol. The Labute approximate surface area is 170 Å². The summed E-state index contributed by atoms with van der Waals surface area (Å²) in [7, 11) is 0. The van der Waals surface area contributed by atoms with E-state index in [9.17, 15) is 4.79 Å². The lowest BCUT2D eigenvalue weighted by Gasteiger charge is -2.12. The van der Waals surface area contributed by atoms with Crippen molar-refractivity contribution in [3.8, 4) is 18.0 Å². The van der Waals surface area contributed by atoms with Crippen molar-refractivity contribution in [2.24, 2.45) is 10.7 Å². The van der Waals surface area contributed by atoms with Gasteiger partial charge in [0.1, 0.15) is 6.33 Å². The normalized spacial score (nSPS) is 15.7. The van der Waals surface area contributed by atoms with Crippen LogP contribution in [0.3, 0.4) is 0 Å². The number of carbonyl (C=O) groups excluding carboxylic acids is 1. The highest BCUT2D eigenvalue weighted by atomic mass is 16.5. The molecule has 0 fully saturated rings. The zero-order chi connectivity index (χ0) is 21.0. The Hall–Kier alpha value is -3.85. The van der Waals surface area contributed by atoms with E-state index in [1.165, 1.54) is 0 Å². The van der Waals surface area contributed by atoms with Gasteiger partial charge in [0.05, 0.1) is 35.4 Å². The van der Waals surface area contributed by atoms with Crippen molar-refractivity contribution >= 4 is 11.7 Å². The molecule has 146 valence electrons. The molecule has 0 aliphatic carbocycles. The van der Waals surface area contributed by atoms with Crippen molar-refractivity contribution in [1.29, 1.82) is 0 Å². The van der Waals surface area contributed by atoms with Gasteiger partial charge in [0, 0.05) is 11.1 Å². The first-order valence-electron chi connectivity index (χ1n) is 9.20. The van der Waals surface area contributed by atoms with E-state index < -0.39 is 5.97 Å². The number of allylic oxidation sites excluding steroid dienone is 5. The minimum absolute atomic E-state index is 0.241. The summed E-state index contributed by atoms with van der Waals surface area (Å²) in [6.07, 6.45) is 14.2. The second-order valence-electron chi connectivity index (χ2n) is 6.34. The van der Waals surface area contributed by atoms with Crippen LogP contribution in [0.1, 0.15) is 47.2 Å². The van der Waals surface area contributed by atoms with Crippen LogP contribution in [0.15, 0.2) is 66.1 Å². The number of rotatable bonds is 5. The van der Waals surface area contributed by atoms with Gasteiger partial charge in [-0.1, -0.05) is 30.7 Å². The van der Waals surface area contributed by atoms with E-state index in [1.807, 2.05) is 29.7 Å². The molecule has 0 saturated heterocycles. The number of hydrogen-bond acceptors (Lipinski definition) is 5. The Morgan fingerprint density at radius 1 is 1.45 bits per heavy atom. The fourth-order valence-corrected chi connectivity index (χ4v) is 3.20. The first-order chi connectivity index (χ1) is 14.0. The predicted octanol–water partition coefficient (Wildman–Crippen LogP) is 3.48. The third kappa shape index (κ3) is 3.76. The quantitative estimate of drug-likeness (QED) is 0.484. The molecule has 0 radical (unpaired) electrons. The molecular weight excluding hydrogens is 364 g/mol. The highest BCUT2D eigenvalue weighted by Crippen LogP contribution is 2.32. The number of nitrogens with two attached hydrogens (primary N) is 1. The first kappa shape index (κ1) is 19.9. The van der Waals surface area contributed by atoms with Gasteiger partial charge < -0.3 is 10.5 Å². The predicted molar refractivity (Wildman–Crippen MR) is 114 cm³/mol. The molecule has 1 atom stereocenters. The maximum Gasteiger partial charge on any atom is 0.358 e. The smallest absolute Gasteiger partial charge is 0.358 e. The van der Waals surface area contributed by atoms with E-state index in [-0.39, 0.29) is 18.3 Å². The van der Waals surface area contributed by atoms with Crippen LogP contribution in [0.2, 0.25) is 0 Å². The van der Waals surface area contributed by atoms with Gasteiger partial charge in [-0.3, -0.25) is 9.56 Å². The number of ether oxygens (including phenoxy) is 1. The minimum atomic E-state index is -0.481. The molecule has 3 rings (SSSR count). The standard InChI is InChI=1S/C23H22N4O2/c1-5-8-9-10-18(24)20-17-13-16(6-2)11-12-19(17)27-14-25-21(23(28)29-7-3)22(27)15(4)26-20/h2,5,8-15H,1,7,24H2,3-4H3/b9-8-,18-10-/t15-/m0/s1. The fourth-order valence-electron chi connectivity index (χ4n) is 3.20. The van der Waals surface area contributed by atoms with Crippen molar-refractivity contribution in [2.75, 3.05) is 6.61 Å². The van der Waals surface area contributed by atoms with Gasteiger partial charge >= 0.3 is 5.97 Å². The third-order valence-electron chi connectivity index (χ3n) is 4.47. The summed E-state index contributed by atoms with van der Waals surface area (Å²) in [6, 6.07) is 5.18. The molecule has 0 unspecified atom stereocenters. The number of benzene rings is 1. The van der Waals surface area contributed by atoms with Crippen molar-refractivity contribution in [3.05, 3.63) is 83.6 Å². The molecule has 2 N–H and O–H groups in total. The van der Waals surface area contributed by atoms with E-state index in [2.05, 4.69) is 17.5 Å². The highest BCUT2D eigenvalue weighted by molar-refractivity contribution is 6.15. The van der Waals surface area contributed by atoms with Gasteiger partial charge in [0.25, 0.3) is 0 Å². The molecule has 0 saturated carbocycles. The van der Waals surface area contributed by atoms with Crippen LogP contribution in [-0.2, 0) is 4.74 Å². The summed E-state index contributed by atoms with van der Waals surface area (Å²) in [5.74, 6) is 2.16. The van der Waals surface area contributed by atoms with Gasteiger partial charge in [-0.05, 0) is 38.1 Å². The third-order valence-corrected chi connectivity index (χ3v) is 4.47. The summed E-state index contributed by atoms with van der Waals surface area (Å²) in [5, 5.41) is 0. The van der Waals surface area contributed by atoms with Gasteiger partial charge in [-0.2, -0.15) is 0 Å². The second-order valence-corrected chi connectivity index (χ2v) is 6.34. The molecule has 1 aromatic heterocycles. The summed E-state index contributed by atoms with van der Waals surface area (Å²) in [6.45, 7) is 7.56. The summed E-state index contributed by atoms with van der Waals surface area (Å²) < 4.78 is 7.00. The van der Waals surface area contributed by atoms with E-state index in [0.29, 0.717) is 22.7 Å². The van der Waals surface area contributed by atoms with E-state index in [4.69, 9.17) is 21.9 Å². The maximum atomic E-state index is 12.4. The van der Waals surface area contributed by atoms with Crippen LogP contribution in [0, 0.1) is 12.3 Å². The zero-order valence-electron chi connectivity index (χ0n) is 16.4. The lowest BCUT2D eigenvalue weighted by Crippen LogP contribution is -2.15. The fraction of sp³-hybridized carbons (Fsp3) is 0.174. The number of hydrogen-bond donors (Lipinski definition) is 1. The van der Waals surface area contributed by atoms with Crippen molar-refractivity contribution in [3.63, 3.8) is 0 Å². The van der Waals surface area contributed by atoms with E-state index >= 15 is 0 Å². The van der Waals surface area contributed by atoms with Crippen LogP contribution in [0.4, 0.5) is 0 Å². The number of fused-ring (bicyclic) bond motifs is 3. The Bertz CT molecular complexity index is 1100. The molecular formula is C23H22N4O2. The average Bonchev–Trinajstić information content (AvgIpc) is 3.12. The number of carbonyl (C=O) groups is 1. The molecule has 29 heavy (non-hydrogen) atoms. The Kier molecular flexibility index (Phi) is 5.79. The largest absolute Gasteiger partial charge is 0.461 e. The molecule has 2 aromatic rings. The molecule has 1 aromatic carbocycles. The molecule has 0 amide bonds. The summed E-state index contributed by atoms with van der Waals surface area (Å²) in [4.78, 5) is 21.5. The van der Waals surface area contributed by atoms with Crippen LogP contribution >= 0.6 is 0 Å². The number of aromatic nitrogens is 2. The van der Waals surface area contributed by atoms with Crippen molar-refractivity contribution in [2.45, 2.75) is 19.9 Å². The molecule has 6 heteroatoms. The Balaban J connectivity index is 2.26. The van der Waals surface area contributed by atoms with Gasteiger partial charge in [0.2, 0.25) is 0 Å². The number of imidazole rings is 1. The number of esters is 1. The van der Waals surface area contributed by atoms with Gasteiger partial charge in [-0.25, -0.2) is 9.78 Å². The lowest BCUT2D eigenvalue weighted by molar-refractivity contribution is 0.0518. The first-order valence-corrected chi connectivity index (χ1v) is 9.20. The number of nitrogens with zero attached hydrogens (tertiary/aromatic N) is 3. The van der Waals surface area contributed by atoms with Crippen LogP contribution in [0.25, 0.3) is 5.69 Å². The highest BCUT2D eigenvalue weighted by Gasteiger charge is 2.29. The van der Waals surface area contributed by atoms with E-state index in [0.717, 1.165) is 11.3 Å². The van der Waals surface area contributed by atoms with Crippen molar-refractivity contribution < 1.29 is 9.53 Å². The number of aliphatic imine (C=N–C) groups is 1. The number of terminal acetylenes is 1. The summed E-state index contributed by atoms with van der Waals surface area (Å²) >= 11 is 0. The zero-order valence-corrected chi connectivity index (χ0v) is 16.4. The monoisotopic (exact) mass is 386 g/mol. The lowest BCUT2D eigenvalue weighted by atomic mass is 10.0. The Morgan fingerprint density at radius 3 is 2.93 bits per heavy atom. The van der Waals surface area contributed by atoms with Crippen LogP contribution < -0.4 is 5.73 Å². The van der Waals surface area contributed by atoms with Gasteiger partial charge in [-0.15, -0.1) is 6.42 Å². The summed E-state index contributed by atoms with van der Waals surface area (Å²) in [5.41, 5.74) is 10.6. The molecule has 1 aliphatic rings. The molecule has 0 bridgehead atoms. The maximum absolute atomic E-state index is 12.4. The molecule has 1 aliphatic heterocycles. The van der Waals surface area contributed by atoms with E-state index in [1.54, 1.807) is 37.6 Å². The van der Waals surface area contributed by atoms with Crippen molar-refractivity contribution in [1.82, 2.24) is 9.55 Å². The van der Waals surface area contributed by atoms with Gasteiger partial charge in [0.15, 0.2) is 5.69 Å². The molecule has 2 heterocycles. The second kappa shape index (κ2) is 8.44. The molecule has 6 nitrogen and oxygen atoms in total. The topological polar surface area (TPSA) is 82.5 Å².